The summed E-state index contributed by atoms with van der Waals surface area (Å²) in [6.45, 7) is 6.16. The number of nitrogens with one attached hydrogen (secondary N) is 2. The van der Waals surface area contributed by atoms with Crippen molar-refractivity contribution in [2.24, 2.45) is 0 Å². The van der Waals surface area contributed by atoms with Crippen molar-refractivity contribution in [1.29, 1.82) is 0 Å². The zero-order valence-electron chi connectivity index (χ0n) is 17.7. The Labute approximate surface area is 182 Å². The van der Waals surface area contributed by atoms with E-state index in [9.17, 15) is 22.8 Å². The number of alkyl halides is 3. The first-order chi connectivity index (χ1) is 14.6. The number of pyridine rings is 1. The van der Waals surface area contributed by atoms with Crippen LogP contribution < -0.4 is 15.5 Å². The second-order valence-electron chi connectivity index (χ2n) is 7.77. The van der Waals surface area contributed by atoms with Gasteiger partial charge in [0.25, 0.3) is 5.91 Å². The number of hydrogen-bond donors (Lipinski definition) is 2. The Kier molecular flexibility index (Phi) is 7.05. The lowest BCUT2D eigenvalue weighted by Crippen LogP contribution is -2.41. The Bertz CT molecular complexity index is 960. The number of carbonyl (C=O) groups excluding carboxylic acids is 2. The maximum atomic E-state index is 13.8. The Morgan fingerprint density at radius 3 is 2.61 bits per heavy atom. The Morgan fingerprint density at radius 1 is 1.23 bits per heavy atom. The summed E-state index contributed by atoms with van der Waals surface area (Å²) in [6.07, 6.45) is -3.88. The largest absolute Gasteiger partial charge is 0.417 e. The molecule has 1 fully saturated rings. The van der Waals surface area contributed by atoms with Gasteiger partial charge in [-0.2, -0.15) is 13.2 Å². The van der Waals surface area contributed by atoms with E-state index in [1.54, 1.807) is 4.90 Å². The highest BCUT2D eigenvalue weighted by Gasteiger charge is 2.36. The summed E-state index contributed by atoms with van der Waals surface area (Å²) in [5, 5.41) is 6.71. The van der Waals surface area contributed by atoms with Crippen molar-refractivity contribution in [2.45, 2.75) is 32.5 Å². The molecule has 170 valence electrons. The van der Waals surface area contributed by atoms with Crippen molar-refractivity contribution in [3.05, 3.63) is 22.6 Å². The normalized spacial score (nSPS) is 15.9. The topological polar surface area (TPSA) is 77.6 Å². The van der Waals surface area contributed by atoms with Crippen LogP contribution in [0.1, 0.15) is 36.2 Å². The summed E-state index contributed by atoms with van der Waals surface area (Å²) in [4.78, 5) is 32.4. The molecule has 0 saturated carbocycles. The molecule has 1 aliphatic heterocycles. The second-order valence-corrected chi connectivity index (χ2v) is 8.65. The average molecular weight is 458 g/mol. The van der Waals surface area contributed by atoms with Gasteiger partial charge in [-0.25, -0.2) is 4.98 Å². The molecule has 1 saturated heterocycles. The van der Waals surface area contributed by atoms with Crippen LogP contribution in [0.4, 0.5) is 19.0 Å². The number of rotatable bonds is 5. The minimum absolute atomic E-state index is 0.0448. The third kappa shape index (κ3) is 5.45. The Hall–Kier alpha value is -2.40. The van der Waals surface area contributed by atoms with E-state index in [4.69, 9.17) is 0 Å². The van der Waals surface area contributed by atoms with Crippen molar-refractivity contribution >= 4 is 39.2 Å². The van der Waals surface area contributed by atoms with Crippen molar-refractivity contribution in [3.63, 3.8) is 0 Å². The predicted octanol–water partition coefficient (Wildman–Crippen LogP) is 2.71. The van der Waals surface area contributed by atoms with Gasteiger partial charge < -0.3 is 15.5 Å². The molecule has 2 aromatic heterocycles. The molecule has 7 nitrogen and oxygen atoms in total. The number of nitrogens with zero attached hydrogens (tertiary/aromatic N) is 3. The van der Waals surface area contributed by atoms with Gasteiger partial charge >= 0.3 is 6.18 Å². The molecular formula is C20H26F3N5O2S. The summed E-state index contributed by atoms with van der Waals surface area (Å²) in [5.74, 6) is -0.352. The summed E-state index contributed by atoms with van der Waals surface area (Å²) in [7, 11) is 1.43. The smallest absolute Gasteiger partial charge is 0.355 e. The van der Waals surface area contributed by atoms with Gasteiger partial charge in [0.15, 0.2) is 0 Å². The number of carbonyl (C=O) groups is 2. The molecule has 0 spiro atoms. The molecule has 2 aromatic rings. The number of thiophene rings is 1. The Morgan fingerprint density at radius 2 is 1.97 bits per heavy atom. The van der Waals surface area contributed by atoms with Crippen LogP contribution in [0.3, 0.4) is 0 Å². The molecule has 0 radical (unpaired) electrons. The van der Waals surface area contributed by atoms with Gasteiger partial charge in [-0.1, -0.05) is 0 Å². The molecule has 0 unspecified atom stereocenters. The van der Waals surface area contributed by atoms with E-state index in [1.807, 2.05) is 18.7 Å². The molecule has 2 amide bonds. The fourth-order valence-electron chi connectivity index (χ4n) is 3.59. The summed E-state index contributed by atoms with van der Waals surface area (Å²) >= 11 is 0.868. The van der Waals surface area contributed by atoms with Gasteiger partial charge in [-0.05, 0) is 26.3 Å². The second kappa shape index (κ2) is 9.39. The first-order valence-electron chi connectivity index (χ1n) is 10.1. The number of amides is 2. The van der Waals surface area contributed by atoms with E-state index in [-0.39, 0.29) is 40.1 Å². The number of anilines is 1. The van der Waals surface area contributed by atoms with Crippen LogP contribution in [-0.2, 0) is 11.0 Å². The summed E-state index contributed by atoms with van der Waals surface area (Å²) in [5.41, 5.74) is -0.590. The minimum atomic E-state index is -4.56. The lowest BCUT2D eigenvalue weighted by Gasteiger charge is -2.24. The van der Waals surface area contributed by atoms with E-state index in [0.29, 0.717) is 32.6 Å². The molecule has 0 bridgehead atoms. The molecule has 3 rings (SSSR count). The molecule has 0 atom stereocenters. The zero-order chi connectivity index (χ0) is 22.8. The molecule has 2 N–H and O–H groups in total. The lowest BCUT2D eigenvalue weighted by molar-refractivity contribution is -0.136. The molecule has 0 aliphatic carbocycles. The maximum absolute atomic E-state index is 13.8. The van der Waals surface area contributed by atoms with Gasteiger partial charge in [-0.15, -0.1) is 11.3 Å². The van der Waals surface area contributed by atoms with Crippen LogP contribution in [-0.4, -0.2) is 67.5 Å². The van der Waals surface area contributed by atoms with E-state index in [0.717, 1.165) is 17.4 Å². The molecule has 0 aromatic carbocycles. The third-order valence-electron chi connectivity index (χ3n) is 5.02. The predicted molar refractivity (Wildman–Crippen MR) is 115 cm³/mol. The van der Waals surface area contributed by atoms with Crippen LogP contribution in [0.15, 0.2) is 11.4 Å². The molecule has 31 heavy (non-hydrogen) atoms. The van der Waals surface area contributed by atoms with Gasteiger partial charge in [0.05, 0.1) is 27.9 Å². The summed E-state index contributed by atoms with van der Waals surface area (Å²) in [6, 6.07) is 1.11. The quantitative estimate of drug-likeness (QED) is 0.722. The van der Waals surface area contributed by atoms with Crippen LogP contribution in [0.2, 0.25) is 0 Å². The van der Waals surface area contributed by atoms with Gasteiger partial charge in [0, 0.05) is 44.6 Å². The first-order valence-corrected chi connectivity index (χ1v) is 11.0. The molecule has 1 aliphatic rings. The fourth-order valence-corrected chi connectivity index (χ4v) is 4.62. The first kappa shape index (κ1) is 23.3. The monoisotopic (exact) mass is 457 g/mol. The van der Waals surface area contributed by atoms with Crippen molar-refractivity contribution in [3.8, 4) is 0 Å². The average Bonchev–Trinajstić information content (AvgIpc) is 2.97. The molecule has 11 heteroatoms. The number of fused-ring (bicyclic) bond motifs is 1. The zero-order valence-corrected chi connectivity index (χ0v) is 18.5. The number of aromatic nitrogens is 1. The minimum Gasteiger partial charge on any atom is -0.355 e. The van der Waals surface area contributed by atoms with Crippen LogP contribution >= 0.6 is 11.3 Å². The Balaban J connectivity index is 1.88. The third-order valence-corrected chi connectivity index (χ3v) is 6.02. The standard InChI is InChI=1S/C20H26F3N5O2S/c1-12(2)25-16(29)10-27-5-4-6-28(8-7-27)15-9-14(20(21,22)23)18-17(26-15)13(11-31-18)19(30)24-3/h9,11-12H,4-8,10H2,1-3H3,(H,24,30)(H,25,29). The maximum Gasteiger partial charge on any atom is 0.417 e. The SMILES string of the molecule is CNC(=O)c1csc2c(C(F)(F)F)cc(N3CCCN(CC(=O)NC(C)C)CC3)nc12. The van der Waals surface area contributed by atoms with E-state index < -0.39 is 17.6 Å². The number of hydrogen-bond acceptors (Lipinski definition) is 6. The molecule has 3 heterocycles. The lowest BCUT2D eigenvalue weighted by atomic mass is 10.1. The summed E-state index contributed by atoms with van der Waals surface area (Å²) < 4.78 is 41.2. The van der Waals surface area contributed by atoms with Crippen molar-refractivity contribution in [1.82, 2.24) is 20.5 Å². The van der Waals surface area contributed by atoms with Crippen molar-refractivity contribution in [2.75, 3.05) is 44.7 Å². The molecular weight excluding hydrogens is 431 g/mol. The van der Waals surface area contributed by atoms with Crippen LogP contribution in [0.5, 0.6) is 0 Å². The highest BCUT2D eigenvalue weighted by atomic mass is 32.1. The van der Waals surface area contributed by atoms with E-state index in [1.165, 1.54) is 12.4 Å². The van der Waals surface area contributed by atoms with Gasteiger partial charge in [0.2, 0.25) is 5.91 Å². The highest BCUT2D eigenvalue weighted by molar-refractivity contribution is 7.17. The van der Waals surface area contributed by atoms with E-state index in [2.05, 4.69) is 15.6 Å². The van der Waals surface area contributed by atoms with Crippen LogP contribution in [0, 0.1) is 0 Å². The fraction of sp³-hybridized carbons (Fsp3) is 0.550. The van der Waals surface area contributed by atoms with Crippen LogP contribution in [0.25, 0.3) is 10.2 Å². The van der Waals surface area contributed by atoms with Gasteiger partial charge in [0.1, 0.15) is 5.82 Å². The van der Waals surface area contributed by atoms with Gasteiger partial charge in [-0.3, -0.25) is 14.5 Å². The van der Waals surface area contributed by atoms with Crippen molar-refractivity contribution < 1.29 is 22.8 Å². The number of halogens is 3. The highest BCUT2D eigenvalue weighted by Crippen LogP contribution is 2.40. The van der Waals surface area contributed by atoms with E-state index >= 15 is 0 Å².